The number of allylic oxidation sites excluding steroid dienone is 1. The van der Waals surface area contributed by atoms with Crippen LogP contribution < -0.4 is 0 Å². The van der Waals surface area contributed by atoms with Crippen LogP contribution in [0.5, 0.6) is 0 Å². The van der Waals surface area contributed by atoms with Gasteiger partial charge in [-0.3, -0.25) is 0 Å². The molecule has 0 radical (unpaired) electrons. The molecule has 0 aromatic heterocycles. The highest BCUT2D eigenvalue weighted by Gasteiger charge is 2.20. The summed E-state index contributed by atoms with van der Waals surface area (Å²) in [5.74, 6) is 8.55. The molecule has 2 aromatic rings. The summed E-state index contributed by atoms with van der Waals surface area (Å²) in [6.45, 7) is 6.09. The maximum Gasteiger partial charge on any atom is 0.0249 e. The Bertz CT molecular complexity index is 836. The largest absolute Gasteiger partial charge is 0.103 e. The molecule has 1 fully saturated rings. The molecule has 0 bridgehead atoms. The van der Waals surface area contributed by atoms with Crippen LogP contribution in [0.2, 0.25) is 0 Å². The number of aryl methyl sites for hydroxylation is 1. The Morgan fingerprint density at radius 3 is 1.81 bits per heavy atom. The summed E-state index contributed by atoms with van der Waals surface area (Å²) in [6, 6.07) is 17.4. The second kappa shape index (κ2) is 14.0. The number of unbranched alkanes of at least 4 members (excludes halogenated alkanes) is 4. The smallest absolute Gasteiger partial charge is 0.0249 e. The fourth-order valence-electron chi connectivity index (χ4n) is 5.01. The van der Waals surface area contributed by atoms with Crippen LogP contribution in [0.1, 0.15) is 99.8 Å². The molecule has 32 heavy (non-hydrogen) atoms. The minimum absolute atomic E-state index is 0.912. The molecule has 0 atom stereocenters. The summed E-state index contributed by atoms with van der Waals surface area (Å²) < 4.78 is 0. The van der Waals surface area contributed by atoms with Crippen LogP contribution in [0.4, 0.5) is 0 Å². The minimum atomic E-state index is 0.912. The van der Waals surface area contributed by atoms with Gasteiger partial charge in [0.25, 0.3) is 0 Å². The molecular weight excluding hydrogens is 384 g/mol. The van der Waals surface area contributed by atoms with Crippen LogP contribution in [0, 0.1) is 23.7 Å². The Morgan fingerprint density at radius 2 is 1.25 bits per heavy atom. The van der Waals surface area contributed by atoms with E-state index in [1.54, 1.807) is 0 Å². The maximum absolute atomic E-state index is 3.79. The van der Waals surface area contributed by atoms with Crippen molar-refractivity contribution < 1.29 is 0 Å². The number of rotatable bonds is 11. The van der Waals surface area contributed by atoms with Crippen molar-refractivity contribution in [1.29, 1.82) is 0 Å². The molecule has 0 spiro atoms. The lowest BCUT2D eigenvalue weighted by Gasteiger charge is -2.28. The molecule has 0 heterocycles. The van der Waals surface area contributed by atoms with Crippen molar-refractivity contribution in [3.05, 3.63) is 83.4 Å². The maximum atomic E-state index is 3.79. The van der Waals surface area contributed by atoms with Gasteiger partial charge >= 0.3 is 0 Å². The summed E-state index contributed by atoms with van der Waals surface area (Å²) in [7, 11) is 0. The van der Waals surface area contributed by atoms with Gasteiger partial charge in [0.2, 0.25) is 0 Å². The van der Waals surface area contributed by atoms with E-state index in [2.05, 4.69) is 73.9 Å². The molecule has 0 amide bonds. The predicted octanol–water partition coefficient (Wildman–Crippen LogP) is 8.91. The van der Waals surface area contributed by atoms with Crippen molar-refractivity contribution in [1.82, 2.24) is 0 Å². The molecule has 0 N–H and O–H groups in total. The average molecular weight is 427 g/mol. The summed E-state index contributed by atoms with van der Waals surface area (Å²) in [4.78, 5) is 0. The quantitative estimate of drug-likeness (QED) is 0.191. The van der Waals surface area contributed by atoms with Gasteiger partial charge < -0.3 is 0 Å². The lowest BCUT2D eigenvalue weighted by Crippen LogP contribution is -2.15. The van der Waals surface area contributed by atoms with Gasteiger partial charge in [0.15, 0.2) is 0 Å². The lowest BCUT2D eigenvalue weighted by molar-refractivity contribution is 0.248. The van der Waals surface area contributed by atoms with Gasteiger partial charge in [-0.2, -0.15) is 0 Å². The minimum Gasteiger partial charge on any atom is -0.103 e. The monoisotopic (exact) mass is 426 g/mol. The molecular formula is C32H42. The third-order valence-electron chi connectivity index (χ3n) is 7.16. The number of benzene rings is 2. The van der Waals surface area contributed by atoms with Crippen molar-refractivity contribution in [2.45, 2.75) is 90.4 Å². The van der Waals surface area contributed by atoms with Gasteiger partial charge in [0.05, 0.1) is 0 Å². The Balaban J connectivity index is 1.36. The van der Waals surface area contributed by atoms with E-state index in [4.69, 9.17) is 0 Å². The van der Waals surface area contributed by atoms with Crippen molar-refractivity contribution in [2.75, 3.05) is 0 Å². The van der Waals surface area contributed by atoms with Crippen molar-refractivity contribution in [2.24, 2.45) is 11.8 Å². The summed E-state index contributed by atoms with van der Waals surface area (Å²) >= 11 is 0. The van der Waals surface area contributed by atoms with Crippen LogP contribution in [-0.4, -0.2) is 0 Å². The van der Waals surface area contributed by atoms with E-state index in [1.807, 2.05) is 6.08 Å². The van der Waals surface area contributed by atoms with E-state index < -0.39 is 0 Å². The van der Waals surface area contributed by atoms with Gasteiger partial charge in [-0.15, -0.1) is 6.58 Å². The molecule has 1 aliphatic carbocycles. The fourth-order valence-corrected chi connectivity index (χ4v) is 5.01. The van der Waals surface area contributed by atoms with Gasteiger partial charge in [-0.1, -0.05) is 113 Å². The highest BCUT2D eigenvalue weighted by molar-refractivity contribution is 5.44. The van der Waals surface area contributed by atoms with Gasteiger partial charge in [-0.05, 0) is 66.5 Å². The first-order valence-corrected chi connectivity index (χ1v) is 13.1. The SMILES string of the molecule is C=CCc1ccc(C#Cc2ccc(CCC3CCC(CCCCCCC)CC3)cc2)cc1. The van der Waals surface area contributed by atoms with E-state index in [0.29, 0.717) is 0 Å². The van der Waals surface area contributed by atoms with E-state index >= 15 is 0 Å². The number of hydrogen-bond donors (Lipinski definition) is 0. The van der Waals surface area contributed by atoms with E-state index in [1.165, 1.54) is 88.2 Å². The third kappa shape index (κ3) is 8.70. The summed E-state index contributed by atoms with van der Waals surface area (Å²) in [5.41, 5.74) is 4.91. The van der Waals surface area contributed by atoms with Gasteiger partial charge in [0, 0.05) is 11.1 Å². The zero-order chi connectivity index (χ0) is 22.4. The Morgan fingerprint density at radius 1 is 0.719 bits per heavy atom. The molecule has 0 saturated heterocycles. The van der Waals surface area contributed by atoms with E-state index in [9.17, 15) is 0 Å². The fraction of sp³-hybridized carbons (Fsp3) is 0.500. The second-order valence-electron chi connectivity index (χ2n) is 9.76. The van der Waals surface area contributed by atoms with Crippen LogP contribution in [0.15, 0.2) is 61.2 Å². The first kappa shape index (κ1) is 24.4. The first-order chi connectivity index (χ1) is 15.8. The van der Waals surface area contributed by atoms with Crippen LogP contribution >= 0.6 is 0 Å². The van der Waals surface area contributed by atoms with Crippen molar-refractivity contribution >= 4 is 0 Å². The highest BCUT2D eigenvalue weighted by Crippen LogP contribution is 2.34. The van der Waals surface area contributed by atoms with Crippen LogP contribution in [0.3, 0.4) is 0 Å². The van der Waals surface area contributed by atoms with Gasteiger partial charge in [0.1, 0.15) is 0 Å². The summed E-state index contributed by atoms with van der Waals surface area (Å²) in [5, 5.41) is 0. The summed E-state index contributed by atoms with van der Waals surface area (Å²) in [6.07, 6.45) is 19.9. The molecule has 0 unspecified atom stereocenters. The third-order valence-corrected chi connectivity index (χ3v) is 7.16. The number of hydrogen-bond acceptors (Lipinski definition) is 0. The molecule has 0 heteroatoms. The molecule has 3 rings (SSSR count). The predicted molar refractivity (Wildman–Crippen MR) is 140 cm³/mol. The van der Waals surface area contributed by atoms with Crippen molar-refractivity contribution in [3.8, 4) is 11.8 Å². The Labute approximate surface area is 197 Å². The standard InChI is InChI=1S/C32H42/c1-3-5-6-7-8-10-28-13-17-30(18-14-28)20-22-32-25-23-31(24-26-32)21-19-29-15-11-27(9-4-2)12-16-29/h4,11-12,15-16,23-26,28,30H,2-3,5-10,13-14,17-18,20,22H2,1H3. The highest BCUT2D eigenvalue weighted by atomic mass is 14.3. The Kier molecular flexibility index (Phi) is 10.7. The van der Waals surface area contributed by atoms with Gasteiger partial charge in [-0.25, -0.2) is 0 Å². The molecule has 170 valence electrons. The molecule has 0 aliphatic heterocycles. The average Bonchev–Trinajstić information content (AvgIpc) is 2.84. The second-order valence-corrected chi connectivity index (χ2v) is 9.76. The normalized spacial score (nSPS) is 18.0. The van der Waals surface area contributed by atoms with Crippen LogP contribution in [0.25, 0.3) is 0 Å². The topological polar surface area (TPSA) is 0 Å². The molecule has 1 saturated carbocycles. The molecule has 2 aromatic carbocycles. The lowest BCUT2D eigenvalue weighted by atomic mass is 9.77. The first-order valence-electron chi connectivity index (χ1n) is 13.1. The van der Waals surface area contributed by atoms with E-state index in [-0.39, 0.29) is 0 Å². The molecule has 0 nitrogen and oxygen atoms in total. The zero-order valence-electron chi connectivity index (χ0n) is 20.3. The van der Waals surface area contributed by atoms with E-state index in [0.717, 1.165) is 29.4 Å². The Hall–Kier alpha value is -2.26. The van der Waals surface area contributed by atoms with Crippen LogP contribution in [-0.2, 0) is 12.8 Å². The molecule has 1 aliphatic rings. The zero-order valence-corrected chi connectivity index (χ0v) is 20.3. The van der Waals surface area contributed by atoms with Crippen molar-refractivity contribution in [3.63, 3.8) is 0 Å².